The van der Waals surface area contributed by atoms with Gasteiger partial charge in [0.2, 0.25) is 0 Å². The lowest BCUT2D eigenvalue weighted by Gasteiger charge is -2.09. The average Bonchev–Trinajstić information content (AvgIpc) is 2.54. The molecule has 3 aromatic rings. The molecule has 0 saturated carbocycles. The zero-order valence-corrected chi connectivity index (χ0v) is 12.5. The van der Waals surface area contributed by atoms with E-state index in [4.69, 9.17) is 5.73 Å². The molecule has 0 spiro atoms. The van der Waals surface area contributed by atoms with E-state index >= 15 is 0 Å². The molecule has 0 bridgehead atoms. The van der Waals surface area contributed by atoms with E-state index in [1.165, 1.54) is 0 Å². The highest BCUT2D eigenvalue weighted by Gasteiger charge is 2.16. The van der Waals surface area contributed by atoms with Gasteiger partial charge in [-0.3, -0.25) is 0 Å². The van der Waals surface area contributed by atoms with Crippen LogP contribution in [0.3, 0.4) is 0 Å². The first kappa shape index (κ1) is 14.6. The molecule has 0 amide bonds. The summed E-state index contributed by atoms with van der Waals surface area (Å²) in [6.45, 7) is 1.72. The van der Waals surface area contributed by atoms with E-state index in [1.54, 1.807) is 13.0 Å². The van der Waals surface area contributed by atoms with Gasteiger partial charge in [-0.25, -0.2) is 9.78 Å². The Morgan fingerprint density at radius 2 is 1.83 bits per heavy atom. The molecule has 4 heteroatoms. The molecule has 0 fully saturated rings. The van der Waals surface area contributed by atoms with Crippen molar-refractivity contribution in [3.8, 4) is 11.8 Å². The van der Waals surface area contributed by atoms with Crippen LogP contribution in [0.1, 0.15) is 27.2 Å². The van der Waals surface area contributed by atoms with Gasteiger partial charge in [0.15, 0.2) is 5.69 Å². The van der Waals surface area contributed by atoms with Crippen molar-refractivity contribution in [1.29, 1.82) is 0 Å². The summed E-state index contributed by atoms with van der Waals surface area (Å²) in [6.07, 6.45) is 0. The number of nitrogen functional groups attached to an aromatic ring is 1. The van der Waals surface area contributed by atoms with Gasteiger partial charge in [-0.05, 0) is 30.7 Å². The van der Waals surface area contributed by atoms with E-state index < -0.39 is 5.97 Å². The molecule has 1 heterocycles. The number of nitrogens with zero attached hydrogens (tertiary/aromatic N) is 1. The van der Waals surface area contributed by atoms with Crippen LogP contribution in [-0.2, 0) is 0 Å². The van der Waals surface area contributed by atoms with Crippen molar-refractivity contribution in [3.63, 3.8) is 0 Å². The summed E-state index contributed by atoms with van der Waals surface area (Å²) < 4.78 is 0. The van der Waals surface area contributed by atoms with E-state index in [2.05, 4.69) is 16.8 Å². The quantitative estimate of drug-likeness (QED) is 0.534. The summed E-state index contributed by atoms with van der Waals surface area (Å²) in [5, 5.41) is 10.1. The van der Waals surface area contributed by atoms with Crippen LogP contribution in [0.2, 0.25) is 0 Å². The van der Waals surface area contributed by atoms with Crippen LogP contribution < -0.4 is 5.73 Å². The summed E-state index contributed by atoms with van der Waals surface area (Å²) in [5.74, 6) is 5.07. The minimum absolute atomic E-state index is 0.0206. The van der Waals surface area contributed by atoms with Gasteiger partial charge in [-0.1, -0.05) is 42.2 Å². The number of carbonyl (C=O) groups is 1. The SMILES string of the molecule is Cc1c(C(=O)O)nc2c(N)cccc2c1C#Cc1ccccc1. The van der Waals surface area contributed by atoms with E-state index in [0.29, 0.717) is 22.3 Å². The predicted molar refractivity (Wildman–Crippen MR) is 90.3 cm³/mol. The van der Waals surface area contributed by atoms with Gasteiger partial charge in [0, 0.05) is 16.5 Å². The molecule has 1 aromatic heterocycles. The van der Waals surface area contributed by atoms with Crippen molar-refractivity contribution in [1.82, 2.24) is 4.98 Å². The van der Waals surface area contributed by atoms with Gasteiger partial charge in [0.25, 0.3) is 0 Å². The standard InChI is InChI=1S/C19H14N2O2/c1-12-14(11-10-13-6-3-2-4-7-13)15-8-5-9-16(20)18(15)21-17(12)19(22)23/h2-9H,20H2,1H3,(H,22,23). The van der Waals surface area contributed by atoms with Gasteiger partial charge in [0.05, 0.1) is 11.2 Å². The van der Waals surface area contributed by atoms with Crippen molar-refractivity contribution in [3.05, 3.63) is 70.9 Å². The molecule has 0 radical (unpaired) electrons. The molecule has 112 valence electrons. The summed E-state index contributed by atoms with van der Waals surface area (Å²) in [5.41, 5.74) is 8.87. The van der Waals surface area contributed by atoms with E-state index in [1.807, 2.05) is 42.5 Å². The van der Waals surface area contributed by atoms with Crippen molar-refractivity contribution in [2.45, 2.75) is 6.92 Å². The van der Waals surface area contributed by atoms with Gasteiger partial charge in [-0.15, -0.1) is 0 Å². The maximum atomic E-state index is 11.5. The Hall–Kier alpha value is -3.32. The van der Waals surface area contributed by atoms with Gasteiger partial charge < -0.3 is 10.8 Å². The molecule has 2 aromatic carbocycles. The van der Waals surface area contributed by atoms with E-state index in [0.717, 1.165) is 10.9 Å². The maximum Gasteiger partial charge on any atom is 0.354 e. The lowest BCUT2D eigenvalue weighted by molar-refractivity contribution is 0.0690. The molecule has 0 atom stereocenters. The fraction of sp³-hybridized carbons (Fsp3) is 0.0526. The molecule has 0 unspecified atom stereocenters. The number of hydrogen-bond donors (Lipinski definition) is 2. The Balaban J connectivity index is 2.31. The Kier molecular flexibility index (Phi) is 3.70. The third kappa shape index (κ3) is 2.72. The fourth-order valence-corrected chi connectivity index (χ4v) is 2.43. The van der Waals surface area contributed by atoms with Crippen molar-refractivity contribution >= 4 is 22.6 Å². The number of aromatic nitrogens is 1. The minimum Gasteiger partial charge on any atom is -0.477 e. The summed E-state index contributed by atoms with van der Waals surface area (Å²) in [7, 11) is 0. The monoisotopic (exact) mass is 302 g/mol. The molecular formula is C19H14N2O2. The number of aromatic carboxylic acids is 1. The number of carboxylic acid groups (broad SMARTS) is 1. The number of pyridine rings is 1. The highest BCUT2D eigenvalue weighted by atomic mass is 16.4. The van der Waals surface area contributed by atoms with Crippen LogP contribution in [0.5, 0.6) is 0 Å². The number of nitrogens with two attached hydrogens (primary N) is 1. The van der Waals surface area contributed by atoms with Crippen molar-refractivity contribution in [2.75, 3.05) is 5.73 Å². The topological polar surface area (TPSA) is 76.2 Å². The molecule has 3 rings (SSSR count). The minimum atomic E-state index is -1.09. The van der Waals surface area contributed by atoms with Gasteiger partial charge >= 0.3 is 5.97 Å². The fourth-order valence-electron chi connectivity index (χ4n) is 2.43. The third-order valence-corrected chi connectivity index (χ3v) is 3.60. The normalized spacial score (nSPS) is 10.1. The Morgan fingerprint density at radius 1 is 1.09 bits per heavy atom. The summed E-state index contributed by atoms with van der Waals surface area (Å²) >= 11 is 0. The van der Waals surface area contributed by atoms with Crippen LogP contribution >= 0.6 is 0 Å². The molecule has 3 N–H and O–H groups in total. The largest absolute Gasteiger partial charge is 0.477 e. The number of para-hydroxylation sites is 1. The summed E-state index contributed by atoms with van der Waals surface area (Å²) in [4.78, 5) is 15.6. The maximum absolute atomic E-state index is 11.5. The zero-order chi connectivity index (χ0) is 16.4. The number of anilines is 1. The first-order valence-electron chi connectivity index (χ1n) is 7.07. The summed E-state index contributed by atoms with van der Waals surface area (Å²) in [6, 6.07) is 14.9. The van der Waals surface area contributed by atoms with Crippen LogP contribution in [0.25, 0.3) is 10.9 Å². The second kappa shape index (κ2) is 5.82. The Bertz CT molecular complexity index is 967. The molecule has 23 heavy (non-hydrogen) atoms. The van der Waals surface area contributed by atoms with Gasteiger partial charge in [0.1, 0.15) is 0 Å². The number of hydrogen-bond acceptors (Lipinski definition) is 3. The van der Waals surface area contributed by atoms with Crippen LogP contribution in [0.15, 0.2) is 48.5 Å². The smallest absolute Gasteiger partial charge is 0.354 e. The first-order valence-corrected chi connectivity index (χ1v) is 7.07. The second-order valence-electron chi connectivity index (χ2n) is 5.12. The molecule has 0 aliphatic rings. The van der Waals surface area contributed by atoms with E-state index in [-0.39, 0.29) is 5.69 Å². The molecule has 0 saturated heterocycles. The van der Waals surface area contributed by atoms with Crippen LogP contribution in [-0.4, -0.2) is 16.1 Å². The van der Waals surface area contributed by atoms with Crippen LogP contribution in [0.4, 0.5) is 5.69 Å². The molecule has 4 nitrogen and oxygen atoms in total. The number of benzene rings is 2. The Labute approximate surface area is 133 Å². The van der Waals surface area contributed by atoms with Crippen molar-refractivity contribution < 1.29 is 9.90 Å². The number of fused-ring (bicyclic) bond motifs is 1. The highest BCUT2D eigenvalue weighted by Crippen LogP contribution is 2.26. The number of carboxylic acids is 1. The lowest BCUT2D eigenvalue weighted by Crippen LogP contribution is -2.07. The highest BCUT2D eigenvalue weighted by molar-refractivity contribution is 5.99. The molecule has 0 aliphatic carbocycles. The van der Waals surface area contributed by atoms with Gasteiger partial charge in [-0.2, -0.15) is 0 Å². The lowest BCUT2D eigenvalue weighted by atomic mass is 10.0. The zero-order valence-electron chi connectivity index (χ0n) is 12.5. The third-order valence-electron chi connectivity index (χ3n) is 3.60. The average molecular weight is 302 g/mol. The predicted octanol–water partition coefficient (Wildman–Crippen LogP) is 3.22. The number of rotatable bonds is 1. The Morgan fingerprint density at radius 3 is 2.52 bits per heavy atom. The second-order valence-corrected chi connectivity index (χ2v) is 5.12. The van der Waals surface area contributed by atoms with Crippen LogP contribution in [0, 0.1) is 18.8 Å². The molecular weight excluding hydrogens is 288 g/mol. The molecule has 0 aliphatic heterocycles. The first-order chi connectivity index (χ1) is 11.1. The van der Waals surface area contributed by atoms with E-state index in [9.17, 15) is 9.90 Å². The van der Waals surface area contributed by atoms with Crippen molar-refractivity contribution in [2.24, 2.45) is 0 Å².